The molecule has 146 valence electrons. The monoisotopic (exact) mass is 397 g/mol. The minimum Gasteiger partial charge on any atom is -0.439 e. The lowest BCUT2D eigenvalue weighted by molar-refractivity contribution is 0.0911. The van der Waals surface area contributed by atoms with Crippen molar-refractivity contribution in [2.45, 2.75) is 39.3 Å². The summed E-state index contributed by atoms with van der Waals surface area (Å²) in [6.07, 6.45) is 2.55. The van der Waals surface area contributed by atoms with E-state index in [1.165, 1.54) is 0 Å². The van der Waals surface area contributed by atoms with Gasteiger partial charge in [-0.1, -0.05) is 30.7 Å². The number of oxazole rings is 1. The summed E-state index contributed by atoms with van der Waals surface area (Å²) in [4.78, 5) is 16.6. The Labute approximate surface area is 170 Å². The quantitative estimate of drug-likeness (QED) is 0.550. The molecule has 0 aliphatic heterocycles. The molecule has 2 aromatic carbocycles. The van der Waals surface area contributed by atoms with Gasteiger partial charge < -0.3 is 15.1 Å². The van der Waals surface area contributed by atoms with Gasteiger partial charge in [-0.05, 0) is 56.7 Å². The molecule has 3 aromatic rings. The van der Waals surface area contributed by atoms with Crippen LogP contribution in [-0.4, -0.2) is 16.4 Å². The minimum absolute atomic E-state index is 0.0720. The second-order valence-corrected chi connectivity index (χ2v) is 7.69. The number of hydrogen-bond donors (Lipinski definition) is 2. The molecule has 0 aliphatic carbocycles. The van der Waals surface area contributed by atoms with Crippen LogP contribution in [-0.2, 0) is 6.54 Å². The van der Waals surface area contributed by atoms with Crippen molar-refractivity contribution in [1.29, 1.82) is 0 Å². The highest BCUT2D eigenvalue weighted by atomic mass is 35.5. The first-order valence-corrected chi connectivity index (χ1v) is 9.61. The molecular weight excluding hydrogens is 374 g/mol. The fraction of sp³-hybridized carbons (Fsp3) is 0.273. The summed E-state index contributed by atoms with van der Waals surface area (Å²) in [6.45, 7) is 6.51. The molecule has 1 amide bonds. The number of aromatic nitrogens is 1. The van der Waals surface area contributed by atoms with Crippen molar-refractivity contribution in [2.75, 3.05) is 5.32 Å². The zero-order valence-electron chi connectivity index (χ0n) is 16.3. The summed E-state index contributed by atoms with van der Waals surface area (Å²) >= 11 is 6.02. The standard InChI is InChI=1S/C22H24ClN3O2/c1-4-22(2,3)26-21(27)15-8-10-18(11-9-15)24-14-20-25-13-19(28-20)16-6-5-7-17(23)12-16/h5-13,24H,4,14H2,1-3H3,(H,26,27). The van der Waals surface area contributed by atoms with Crippen molar-refractivity contribution in [3.63, 3.8) is 0 Å². The average Bonchev–Trinajstić information content (AvgIpc) is 3.15. The molecule has 3 rings (SSSR count). The van der Waals surface area contributed by atoms with E-state index in [9.17, 15) is 4.79 Å². The summed E-state index contributed by atoms with van der Waals surface area (Å²) in [5.41, 5.74) is 2.18. The Morgan fingerprint density at radius 3 is 2.61 bits per heavy atom. The number of rotatable bonds is 7. The molecule has 0 saturated heterocycles. The van der Waals surface area contributed by atoms with E-state index in [2.05, 4.69) is 15.6 Å². The van der Waals surface area contributed by atoms with E-state index >= 15 is 0 Å². The second-order valence-electron chi connectivity index (χ2n) is 7.25. The second kappa shape index (κ2) is 8.48. The van der Waals surface area contributed by atoms with Gasteiger partial charge in [0.1, 0.15) is 0 Å². The molecular formula is C22H24ClN3O2. The Hall–Kier alpha value is -2.79. The molecule has 0 bridgehead atoms. The zero-order valence-corrected chi connectivity index (χ0v) is 17.0. The van der Waals surface area contributed by atoms with Crippen LogP contribution in [0.5, 0.6) is 0 Å². The van der Waals surface area contributed by atoms with Crippen molar-refractivity contribution in [1.82, 2.24) is 10.3 Å². The fourth-order valence-electron chi connectivity index (χ4n) is 2.55. The van der Waals surface area contributed by atoms with Gasteiger partial charge in [0.15, 0.2) is 5.76 Å². The predicted octanol–water partition coefficient (Wildman–Crippen LogP) is 5.53. The maximum absolute atomic E-state index is 12.3. The predicted molar refractivity (Wildman–Crippen MR) is 113 cm³/mol. The fourth-order valence-corrected chi connectivity index (χ4v) is 2.74. The number of nitrogens with one attached hydrogen (secondary N) is 2. The van der Waals surface area contributed by atoms with Crippen LogP contribution < -0.4 is 10.6 Å². The molecule has 1 heterocycles. The average molecular weight is 398 g/mol. The molecule has 0 atom stereocenters. The van der Waals surface area contributed by atoms with Gasteiger partial charge in [0, 0.05) is 27.4 Å². The number of carbonyl (C=O) groups is 1. The van der Waals surface area contributed by atoms with E-state index in [0.717, 1.165) is 17.7 Å². The van der Waals surface area contributed by atoms with E-state index in [1.54, 1.807) is 18.3 Å². The zero-order chi connectivity index (χ0) is 20.1. The van der Waals surface area contributed by atoms with Crippen LogP contribution in [0, 0.1) is 0 Å². The number of nitrogens with zero attached hydrogens (tertiary/aromatic N) is 1. The minimum atomic E-state index is -0.223. The van der Waals surface area contributed by atoms with Crippen molar-refractivity contribution in [3.05, 3.63) is 71.2 Å². The Balaban J connectivity index is 1.59. The number of benzene rings is 2. The third-order valence-corrected chi connectivity index (χ3v) is 4.82. The summed E-state index contributed by atoms with van der Waals surface area (Å²) in [7, 11) is 0. The molecule has 0 saturated carbocycles. The van der Waals surface area contributed by atoms with Crippen LogP contribution in [0.2, 0.25) is 5.02 Å². The van der Waals surface area contributed by atoms with Gasteiger partial charge in [-0.3, -0.25) is 4.79 Å². The first-order valence-electron chi connectivity index (χ1n) is 9.23. The van der Waals surface area contributed by atoms with Gasteiger partial charge in [-0.2, -0.15) is 0 Å². The topological polar surface area (TPSA) is 67.2 Å². The first-order chi connectivity index (χ1) is 13.4. The van der Waals surface area contributed by atoms with Crippen LogP contribution in [0.3, 0.4) is 0 Å². The van der Waals surface area contributed by atoms with E-state index in [-0.39, 0.29) is 11.4 Å². The van der Waals surface area contributed by atoms with Gasteiger partial charge in [0.25, 0.3) is 5.91 Å². The number of carbonyl (C=O) groups excluding carboxylic acids is 1. The van der Waals surface area contributed by atoms with Crippen LogP contribution in [0.15, 0.2) is 59.1 Å². The highest BCUT2D eigenvalue weighted by Gasteiger charge is 2.18. The summed E-state index contributed by atoms with van der Waals surface area (Å²) in [5.74, 6) is 1.17. The van der Waals surface area contributed by atoms with Gasteiger partial charge >= 0.3 is 0 Å². The molecule has 0 radical (unpaired) electrons. The lowest BCUT2D eigenvalue weighted by Gasteiger charge is -2.24. The Morgan fingerprint density at radius 1 is 1.18 bits per heavy atom. The summed E-state index contributed by atoms with van der Waals surface area (Å²) in [6, 6.07) is 14.8. The number of halogens is 1. The molecule has 5 nitrogen and oxygen atoms in total. The Morgan fingerprint density at radius 2 is 1.93 bits per heavy atom. The van der Waals surface area contributed by atoms with Crippen LogP contribution >= 0.6 is 11.6 Å². The van der Waals surface area contributed by atoms with Gasteiger partial charge in [-0.15, -0.1) is 0 Å². The van der Waals surface area contributed by atoms with Crippen molar-refractivity contribution in [3.8, 4) is 11.3 Å². The van der Waals surface area contributed by atoms with Crippen LogP contribution in [0.4, 0.5) is 5.69 Å². The van der Waals surface area contributed by atoms with E-state index in [1.807, 2.05) is 57.2 Å². The molecule has 0 spiro atoms. The van der Waals surface area contributed by atoms with Gasteiger partial charge in [0.05, 0.1) is 12.7 Å². The van der Waals surface area contributed by atoms with Crippen molar-refractivity contribution >= 4 is 23.2 Å². The molecule has 1 aromatic heterocycles. The van der Waals surface area contributed by atoms with Crippen molar-refractivity contribution in [2.24, 2.45) is 0 Å². The molecule has 0 aliphatic rings. The largest absolute Gasteiger partial charge is 0.439 e. The number of anilines is 1. The normalized spacial score (nSPS) is 11.3. The van der Waals surface area contributed by atoms with Gasteiger partial charge in [-0.25, -0.2) is 4.98 Å². The molecule has 28 heavy (non-hydrogen) atoms. The summed E-state index contributed by atoms with van der Waals surface area (Å²) < 4.78 is 5.78. The van der Waals surface area contributed by atoms with E-state index in [0.29, 0.717) is 28.8 Å². The molecule has 2 N–H and O–H groups in total. The third-order valence-electron chi connectivity index (χ3n) is 4.59. The van der Waals surface area contributed by atoms with E-state index < -0.39 is 0 Å². The Kier molecular flexibility index (Phi) is 6.05. The van der Waals surface area contributed by atoms with Crippen LogP contribution in [0.25, 0.3) is 11.3 Å². The first kappa shape index (κ1) is 20.0. The van der Waals surface area contributed by atoms with E-state index in [4.69, 9.17) is 16.0 Å². The highest BCUT2D eigenvalue weighted by molar-refractivity contribution is 6.30. The lowest BCUT2D eigenvalue weighted by atomic mass is 10.0. The maximum Gasteiger partial charge on any atom is 0.251 e. The highest BCUT2D eigenvalue weighted by Crippen LogP contribution is 2.23. The molecule has 6 heteroatoms. The number of amides is 1. The van der Waals surface area contributed by atoms with Gasteiger partial charge in [0.2, 0.25) is 5.89 Å². The SMILES string of the molecule is CCC(C)(C)NC(=O)c1ccc(NCc2ncc(-c3cccc(Cl)c3)o2)cc1. The maximum atomic E-state index is 12.3. The van der Waals surface area contributed by atoms with Crippen molar-refractivity contribution < 1.29 is 9.21 Å². The molecule has 0 fully saturated rings. The smallest absolute Gasteiger partial charge is 0.251 e. The molecule has 0 unspecified atom stereocenters. The lowest BCUT2D eigenvalue weighted by Crippen LogP contribution is -2.42. The Bertz CT molecular complexity index is 948. The summed E-state index contributed by atoms with van der Waals surface area (Å²) in [5, 5.41) is 6.93. The van der Waals surface area contributed by atoms with Crippen LogP contribution in [0.1, 0.15) is 43.4 Å². The third kappa shape index (κ3) is 5.14. The number of hydrogen-bond acceptors (Lipinski definition) is 4.